The average Bonchev–Trinajstić information content (AvgIpc) is 3.53. The molecule has 15 nitrogen and oxygen atoms in total. The minimum atomic E-state index is -1.48. The lowest BCUT2D eigenvalue weighted by atomic mass is 10.0. The van der Waals surface area contributed by atoms with Crippen LogP contribution in [0.15, 0.2) is 46.3 Å². The van der Waals surface area contributed by atoms with Gasteiger partial charge in [0.15, 0.2) is 35.6 Å². The van der Waals surface area contributed by atoms with Crippen molar-refractivity contribution in [3.63, 3.8) is 0 Å². The molecule has 196 valence electrons. The first-order valence-electron chi connectivity index (χ1n) is 11.0. The molecule has 2 aliphatic heterocycles. The summed E-state index contributed by atoms with van der Waals surface area (Å²) in [6.07, 6.45) is 3.50. The number of aromatic nitrogens is 5. The Balaban J connectivity index is 1.35. The Kier molecular flexibility index (Phi) is 6.68. The summed E-state index contributed by atoms with van der Waals surface area (Å²) in [4.78, 5) is 52.1. The number of aliphatic carboxylic acids is 1. The number of carboxylic acids is 1. The van der Waals surface area contributed by atoms with Gasteiger partial charge in [0.1, 0.15) is 24.2 Å². The molecular formula is C21H20N10O5S2. The molecule has 2 atom stereocenters. The zero-order valence-corrected chi connectivity index (χ0v) is 21.3. The number of nitrogens with two attached hydrogens (primary N) is 2. The van der Waals surface area contributed by atoms with Crippen LogP contribution in [0.4, 0.5) is 11.1 Å². The minimum absolute atomic E-state index is 0.0985. The SMILES string of the molecule is CO/N=C(\C(=O)N[C@@H]1C(=O)N2C(C(=O)[O-])=C(C[n+]3cccc(-c4nc(N)n[nH]4)c3)CS[C@H]12)c1csc(N)n1. The molecule has 3 aromatic rings. The highest BCUT2D eigenvalue weighted by Crippen LogP contribution is 2.40. The second-order valence-corrected chi connectivity index (χ2v) is 10.1. The van der Waals surface area contributed by atoms with Crippen LogP contribution in [0.3, 0.4) is 0 Å². The van der Waals surface area contributed by atoms with Gasteiger partial charge in [-0.1, -0.05) is 5.16 Å². The van der Waals surface area contributed by atoms with E-state index in [1.165, 1.54) is 24.3 Å². The van der Waals surface area contributed by atoms with Gasteiger partial charge in [-0.3, -0.25) is 19.6 Å². The van der Waals surface area contributed by atoms with Crippen molar-refractivity contribution in [3.8, 4) is 11.4 Å². The van der Waals surface area contributed by atoms with Gasteiger partial charge in [0.05, 0.1) is 17.2 Å². The molecular weight excluding hydrogens is 536 g/mol. The summed E-state index contributed by atoms with van der Waals surface area (Å²) in [6.45, 7) is 0.178. The molecule has 3 aromatic heterocycles. The highest BCUT2D eigenvalue weighted by molar-refractivity contribution is 8.00. The number of anilines is 2. The Bertz CT molecular complexity index is 1500. The molecule has 1 fully saturated rings. The van der Waals surface area contributed by atoms with E-state index in [-0.39, 0.29) is 40.5 Å². The second-order valence-electron chi connectivity index (χ2n) is 8.10. The van der Waals surface area contributed by atoms with Crippen LogP contribution in [0.1, 0.15) is 5.69 Å². The quantitative estimate of drug-likeness (QED) is 0.101. The number of hydrogen-bond acceptors (Lipinski definition) is 13. The average molecular weight is 557 g/mol. The van der Waals surface area contributed by atoms with Gasteiger partial charge in [0.25, 0.3) is 11.8 Å². The Morgan fingerprint density at radius 2 is 2.21 bits per heavy atom. The third kappa shape index (κ3) is 4.63. The van der Waals surface area contributed by atoms with E-state index in [4.69, 9.17) is 16.3 Å². The summed E-state index contributed by atoms with van der Waals surface area (Å²) >= 11 is 2.44. The Labute approximate surface area is 222 Å². The fourth-order valence-electron chi connectivity index (χ4n) is 4.08. The van der Waals surface area contributed by atoms with Gasteiger partial charge < -0.3 is 31.5 Å². The number of hydrogen-bond donors (Lipinski definition) is 4. The van der Waals surface area contributed by atoms with E-state index in [0.29, 0.717) is 17.0 Å². The fourth-order valence-corrected chi connectivity index (χ4v) is 5.96. The Hall–Kier alpha value is -4.51. The fraction of sp³-hybridized carbons (Fsp3) is 0.238. The number of thiazole rings is 1. The van der Waals surface area contributed by atoms with Crippen molar-refractivity contribution >= 4 is 57.7 Å². The Morgan fingerprint density at radius 3 is 2.87 bits per heavy atom. The van der Waals surface area contributed by atoms with Crippen LogP contribution >= 0.6 is 23.1 Å². The van der Waals surface area contributed by atoms with Crippen LogP contribution < -0.4 is 26.5 Å². The van der Waals surface area contributed by atoms with Crippen molar-refractivity contribution in [2.24, 2.45) is 5.16 Å². The third-order valence-corrected chi connectivity index (χ3v) is 7.71. The first kappa shape index (κ1) is 25.2. The van der Waals surface area contributed by atoms with Crippen molar-refractivity contribution in [1.29, 1.82) is 0 Å². The monoisotopic (exact) mass is 556 g/mol. The van der Waals surface area contributed by atoms with Crippen molar-refractivity contribution in [2.45, 2.75) is 18.0 Å². The predicted molar refractivity (Wildman–Crippen MR) is 134 cm³/mol. The van der Waals surface area contributed by atoms with E-state index in [1.807, 2.05) is 0 Å². The number of fused-ring (bicyclic) bond motifs is 1. The van der Waals surface area contributed by atoms with Crippen LogP contribution in [0, 0.1) is 0 Å². The maximum Gasteiger partial charge on any atom is 0.276 e. The number of carbonyl (C=O) groups excluding carboxylic acids is 3. The molecule has 0 saturated carbocycles. The molecule has 0 spiro atoms. The van der Waals surface area contributed by atoms with Gasteiger partial charge in [-0.25, -0.2) is 9.55 Å². The zero-order valence-electron chi connectivity index (χ0n) is 19.7. The highest BCUT2D eigenvalue weighted by Gasteiger charge is 2.53. The first-order chi connectivity index (χ1) is 18.3. The summed E-state index contributed by atoms with van der Waals surface area (Å²) in [7, 11) is 1.27. The van der Waals surface area contributed by atoms with E-state index in [0.717, 1.165) is 16.2 Å². The number of rotatable bonds is 8. The van der Waals surface area contributed by atoms with Gasteiger partial charge in [-0.15, -0.1) is 28.2 Å². The van der Waals surface area contributed by atoms with Crippen LogP contribution in [-0.2, 0) is 25.8 Å². The van der Waals surface area contributed by atoms with E-state index < -0.39 is 29.2 Å². The smallest absolute Gasteiger partial charge is 0.276 e. The molecule has 2 amide bonds. The number of H-pyrrole nitrogens is 1. The van der Waals surface area contributed by atoms with Gasteiger partial charge in [0, 0.05) is 22.8 Å². The zero-order chi connectivity index (χ0) is 27.0. The van der Waals surface area contributed by atoms with Gasteiger partial charge in [-0.05, 0) is 6.07 Å². The number of carbonyl (C=O) groups is 3. The molecule has 0 radical (unpaired) electrons. The normalized spacial score (nSPS) is 19.1. The van der Waals surface area contributed by atoms with Gasteiger partial charge in [0.2, 0.25) is 5.95 Å². The van der Waals surface area contributed by atoms with E-state index in [2.05, 4.69) is 30.6 Å². The topological polar surface area (TPSA) is 222 Å². The number of nitrogens with zero attached hydrogens (tertiary/aromatic N) is 6. The number of thioether (sulfide) groups is 1. The van der Waals surface area contributed by atoms with Crippen LogP contribution in [0.25, 0.3) is 11.4 Å². The minimum Gasteiger partial charge on any atom is -0.543 e. The maximum absolute atomic E-state index is 13.0. The largest absolute Gasteiger partial charge is 0.543 e. The summed E-state index contributed by atoms with van der Waals surface area (Å²) in [6, 6.07) is 2.58. The summed E-state index contributed by atoms with van der Waals surface area (Å²) in [5.41, 5.74) is 12.2. The van der Waals surface area contributed by atoms with Crippen LogP contribution in [0.5, 0.6) is 0 Å². The number of nitrogens with one attached hydrogen (secondary N) is 2. The lowest BCUT2D eigenvalue weighted by Crippen LogP contribution is -2.71. The number of oxime groups is 1. The summed E-state index contributed by atoms with van der Waals surface area (Å²) in [5.74, 6) is -1.93. The van der Waals surface area contributed by atoms with Gasteiger partial charge >= 0.3 is 0 Å². The van der Waals surface area contributed by atoms with Crippen LogP contribution in [-0.4, -0.2) is 72.8 Å². The number of β-lactam (4-membered cyclic amide) rings is 1. The van der Waals surface area contributed by atoms with Crippen molar-refractivity contribution in [1.82, 2.24) is 30.4 Å². The molecule has 0 bridgehead atoms. The molecule has 17 heteroatoms. The molecule has 5 rings (SSSR count). The number of amides is 2. The van der Waals surface area contributed by atoms with Crippen molar-refractivity contribution < 1.29 is 28.9 Å². The van der Waals surface area contributed by atoms with E-state index in [1.54, 1.807) is 29.1 Å². The first-order valence-corrected chi connectivity index (χ1v) is 12.9. The standard InChI is InChI=1S/C21H20N10O5S2/c1-36-29-12(11-8-38-21(23)24-11)16(32)25-13-17(33)31-14(19(34)35)10(7-37-18(13)31)6-30-4-2-3-9(5-30)15-26-20(22)28-27-15/h2-5,8,13,18H,6-7H2,1H3,(H6-,22,23,24,25,26,27,28,29,32,34,35)/t13-,18-/m1/s1. The molecule has 5 heterocycles. The Morgan fingerprint density at radius 1 is 1.39 bits per heavy atom. The number of aromatic amines is 1. The molecule has 0 unspecified atom stereocenters. The van der Waals surface area contributed by atoms with Crippen LogP contribution in [0.2, 0.25) is 0 Å². The van der Waals surface area contributed by atoms with Gasteiger partial charge in [-0.2, -0.15) is 4.98 Å². The van der Waals surface area contributed by atoms with E-state index >= 15 is 0 Å². The highest BCUT2D eigenvalue weighted by atomic mass is 32.2. The third-order valence-electron chi connectivity index (χ3n) is 5.70. The van der Waals surface area contributed by atoms with Crippen molar-refractivity contribution in [3.05, 3.63) is 46.9 Å². The summed E-state index contributed by atoms with van der Waals surface area (Å²) in [5, 5.41) is 26.1. The number of nitrogen functional groups attached to an aromatic ring is 2. The van der Waals surface area contributed by atoms with Crippen molar-refractivity contribution in [2.75, 3.05) is 24.3 Å². The summed E-state index contributed by atoms with van der Waals surface area (Å²) < 4.78 is 1.75. The van der Waals surface area contributed by atoms with E-state index in [9.17, 15) is 19.5 Å². The molecule has 0 aliphatic carbocycles. The molecule has 38 heavy (non-hydrogen) atoms. The number of carboxylic acid groups (broad SMARTS) is 1. The molecule has 6 N–H and O–H groups in total. The molecule has 0 aromatic carbocycles. The lowest BCUT2D eigenvalue weighted by Gasteiger charge is -2.50. The molecule has 1 saturated heterocycles. The predicted octanol–water partition coefficient (Wildman–Crippen LogP) is -2.17. The lowest BCUT2D eigenvalue weighted by molar-refractivity contribution is -0.688. The molecule has 2 aliphatic rings. The maximum atomic E-state index is 13.0. The second kappa shape index (κ2) is 10.1. The number of pyridine rings is 1.